The molecule has 1 unspecified atom stereocenters. The fraction of sp³-hybridized carbons (Fsp3) is 0.250. The molecule has 118 valence electrons. The number of aromatic nitrogens is 4. The van der Waals surface area contributed by atoms with Crippen molar-refractivity contribution in [2.45, 2.75) is 19.9 Å². The van der Waals surface area contributed by atoms with Crippen LogP contribution >= 0.6 is 11.6 Å². The number of carbonyl (C=O) groups excluding carboxylic acids is 1. The number of halogens is 1. The van der Waals surface area contributed by atoms with Gasteiger partial charge in [-0.1, -0.05) is 23.7 Å². The predicted molar refractivity (Wildman–Crippen MR) is 87.5 cm³/mol. The van der Waals surface area contributed by atoms with Gasteiger partial charge in [-0.2, -0.15) is 4.98 Å². The van der Waals surface area contributed by atoms with Gasteiger partial charge < -0.3 is 4.90 Å². The zero-order valence-electron chi connectivity index (χ0n) is 13.1. The highest BCUT2D eigenvalue weighted by Crippen LogP contribution is 2.22. The number of amides is 1. The Balaban J connectivity index is 1.88. The Hall–Kier alpha value is -2.47. The first-order chi connectivity index (χ1) is 11.0. The van der Waals surface area contributed by atoms with E-state index in [0.717, 1.165) is 11.3 Å². The molecule has 3 rings (SSSR count). The van der Waals surface area contributed by atoms with Crippen molar-refractivity contribution in [2.75, 3.05) is 7.05 Å². The Kier molecular flexibility index (Phi) is 4.00. The Morgan fingerprint density at radius 2 is 1.96 bits per heavy atom. The number of aryl methyl sites for hydroxylation is 1. The van der Waals surface area contributed by atoms with Crippen LogP contribution in [0.2, 0.25) is 5.02 Å². The summed E-state index contributed by atoms with van der Waals surface area (Å²) < 4.78 is 1.56. The highest BCUT2D eigenvalue weighted by molar-refractivity contribution is 6.30. The summed E-state index contributed by atoms with van der Waals surface area (Å²) in [6.45, 7) is 3.83. The summed E-state index contributed by atoms with van der Waals surface area (Å²) >= 11 is 5.90. The quantitative estimate of drug-likeness (QED) is 0.741. The average Bonchev–Trinajstić information content (AvgIpc) is 2.99. The van der Waals surface area contributed by atoms with Gasteiger partial charge in [-0.25, -0.2) is 9.50 Å². The maximum Gasteiger partial charge on any atom is 0.293 e. The van der Waals surface area contributed by atoms with Crippen LogP contribution in [0.25, 0.3) is 5.78 Å². The maximum atomic E-state index is 12.6. The second-order valence-electron chi connectivity index (χ2n) is 5.38. The lowest BCUT2D eigenvalue weighted by Crippen LogP contribution is -2.30. The van der Waals surface area contributed by atoms with Gasteiger partial charge in [0.05, 0.1) is 6.04 Å². The molecule has 2 aromatic heterocycles. The number of hydrogen-bond acceptors (Lipinski definition) is 4. The van der Waals surface area contributed by atoms with E-state index in [-0.39, 0.29) is 17.8 Å². The van der Waals surface area contributed by atoms with Crippen LogP contribution in [0.15, 0.2) is 36.5 Å². The molecule has 0 saturated heterocycles. The standard InChI is InChI=1S/C16H16ClN5O/c1-10-8-9-18-16-19-14(20-22(10)16)15(23)21(3)11(2)12-4-6-13(17)7-5-12/h4-9,11H,1-3H3. The average molecular weight is 330 g/mol. The number of fused-ring (bicyclic) bond motifs is 1. The van der Waals surface area contributed by atoms with E-state index < -0.39 is 0 Å². The van der Waals surface area contributed by atoms with Crippen molar-refractivity contribution >= 4 is 23.3 Å². The minimum absolute atomic E-state index is 0.125. The molecule has 7 heteroatoms. The van der Waals surface area contributed by atoms with Crippen LogP contribution in [-0.2, 0) is 0 Å². The smallest absolute Gasteiger partial charge is 0.293 e. The zero-order valence-corrected chi connectivity index (χ0v) is 13.8. The van der Waals surface area contributed by atoms with Crippen molar-refractivity contribution in [1.82, 2.24) is 24.5 Å². The van der Waals surface area contributed by atoms with Crippen molar-refractivity contribution in [1.29, 1.82) is 0 Å². The molecule has 0 aliphatic rings. The van der Waals surface area contributed by atoms with Gasteiger partial charge in [-0.05, 0) is 37.6 Å². The molecule has 0 N–H and O–H groups in total. The first kappa shape index (κ1) is 15.4. The minimum Gasteiger partial charge on any atom is -0.332 e. The Morgan fingerprint density at radius 1 is 1.26 bits per heavy atom. The molecule has 0 saturated carbocycles. The number of rotatable bonds is 3. The molecular weight excluding hydrogens is 314 g/mol. The lowest BCUT2D eigenvalue weighted by atomic mass is 10.1. The second kappa shape index (κ2) is 5.96. The molecule has 6 nitrogen and oxygen atoms in total. The van der Waals surface area contributed by atoms with Crippen molar-refractivity contribution in [3.05, 3.63) is 58.6 Å². The summed E-state index contributed by atoms with van der Waals surface area (Å²) in [5, 5.41) is 4.92. The van der Waals surface area contributed by atoms with E-state index in [1.54, 1.807) is 22.7 Å². The van der Waals surface area contributed by atoms with Gasteiger partial charge in [-0.15, -0.1) is 5.10 Å². The third kappa shape index (κ3) is 2.90. The molecule has 0 spiro atoms. The van der Waals surface area contributed by atoms with Gasteiger partial charge in [0.1, 0.15) is 0 Å². The summed E-state index contributed by atoms with van der Waals surface area (Å²) in [6.07, 6.45) is 1.65. The molecule has 0 aliphatic carbocycles. The van der Waals surface area contributed by atoms with Gasteiger partial charge in [-0.3, -0.25) is 4.79 Å². The molecule has 0 aliphatic heterocycles. The number of hydrogen-bond donors (Lipinski definition) is 0. The molecule has 3 aromatic rings. The predicted octanol–water partition coefficient (Wildman–Crippen LogP) is 2.92. The van der Waals surface area contributed by atoms with Gasteiger partial charge in [0, 0.05) is 24.0 Å². The molecule has 1 amide bonds. The highest BCUT2D eigenvalue weighted by atomic mass is 35.5. The van der Waals surface area contributed by atoms with E-state index in [4.69, 9.17) is 11.6 Å². The third-order valence-electron chi connectivity index (χ3n) is 3.87. The van der Waals surface area contributed by atoms with Crippen LogP contribution in [0, 0.1) is 6.92 Å². The summed E-state index contributed by atoms with van der Waals surface area (Å²) in [4.78, 5) is 22.6. The Labute approximate surface area is 138 Å². The van der Waals surface area contributed by atoms with Gasteiger partial charge in [0.25, 0.3) is 11.7 Å². The molecule has 23 heavy (non-hydrogen) atoms. The SMILES string of the molecule is Cc1ccnc2nc(C(=O)N(C)C(C)c3ccc(Cl)cc3)nn12. The van der Waals surface area contributed by atoms with Crippen LogP contribution < -0.4 is 0 Å². The fourth-order valence-electron chi connectivity index (χ4n) is 2.30. The molecule has 1 atom stereocenters. The Bertz CT molecular complexity index is 859. The second-order valence-corrected chi connectivity index (χ2v) is 5.81. The van der Waals surface area contributed by atoms with Crippen molar-refractivity contribution in [3.8, 4) is 0 Å². The van der Waals surface area contributed by atoms with E-state index in [1.807, 2.05) is 44.2 Å². The lowest BCUT2D eigenvalue weighted by molar-refractivity contribution is 0.0730. The lowest BCUT2D eigenvalue weighted by Gasteiger charge is -2.24. The first-order valence-electron chi connectivity index (χ1n) is 7.18. The third-order valence-corrected chi connectivity index (χ3v) is 4.13. The Morgan fingerprint density at radius 3 is 2.61 bits per heavy atom. The normalized spacial score (nSPS) is 12.3. The van der Waals surface area contributed by atoms with Crippen LogP contribution in [0.3, 0.4) is 0 Å². The largest absolute Gasteiger partial charge is 0.332 e. The summed E-state index contributed by atoms with van der Waals surface area (Å²) in [7, 11) is 1.73. The highest BCUT2D eigenvalue weighted by Gasteiger charge is 2.23. The molecule has 1 aromatic carbocycles. The minimum atomic E-state index is -0.252. The van der Waals surface area contributed by atoms with Gasteiger partial charge in [0.15, 0.2) is 0 Å². The summed E-state index contributed by atoms with van der Waals surface area (Å²) in [5.41, 5.74) is 1.86. The number of benzene rings is 1. The van der Waals surface area contributed by atoms with Crippen LogP contribution in [0.4, 0.5) is 0 Å². The molecule has 0 radical (unpaired) electrons. The zero-order chi connectivity index (χ0) is 16.6. The maximum absolute atomic E-state index is 12.6. The van der Waals surface area contributed by atoms with Crippen LogP contribution in [0.5, 0.6) is 0 Å². The molecule has 0 fully saturated rings. The van der Waals surface area contributed by atoms with Crippen LogP contribution in [0.1, 0.15) is 34.8 Å². The van der Waals surface area contributed by atoms with Gasteiger partial charge in [0.2, 0.25) is 5.82 Å². The van der Waals surface area contributed by atoms with E-state index >= 15 is 0 Å². The van der Waals surface area contributed by atoms with E-state index in [9.17, 15) is 4.79 Å². The van der Waals surface area contributed by atoms with E-state index in [2.05, 4.69) is 15.1 Å². The fourth-order valence-corrected chi connectivity index (χ4v) is 2.42. The first-order valence-corrected chi connectivity index (χ1v) is 7.56. The summed E-state index contributed by atoms with van der Waals surface area (Å²) in [6, 6.07) is 9.11. The van der Waals surface area contributed by atoms with Crippen molar-refractivity contribution < 1.29 is 4.79 Å². The van der Waals surface area contributed by atoms with Crippen molar-refractivity contribution in [2.24, 2.45) is 0 Å². The number of carbonyl (C=O) groups is 1. The summed E-state index contributed by atoms with van der Waals surface area (Å²) in [5.74, 6) is 0.299. The monoisotopic (exact) mass is 329 g/mol. The van der Waals surface area contributed by atoms with E-state index in [0.29, 0.717) is 10.8 Å². The van der Waals surface area contributed by atoms with E-state index in [1.165, 1.54) is 0 Å². The molecule has 0 bridgehead atoms. The van der Waals surface area contributed by atoms with Crippen LogP contribution in [-0.4, -0.2) is 37.4 Å². The molecule has 2 heterocycles. The van der Waals surface area contributed by atoms with Crippen molar-refractivity contribution in [3.63, 3.8) is 0 Å². The molecular formula is C16H16ClN5O. The number of nitrogens with zero attached hydrogens (tertiary/aromatic N) is 5. The topological polar surface area (TPSA) is 63.4 Å². The van der Waals surface area contributed by atoms with Gasteiger partial charge >= 0.3 is 0 Å².